The van der Waals surface area contributed by atoms with Gasteiger partial charge >= 0.3 is 5.97 Å². The summed E-state index contributed by atoms with van der Waals surface area (Å²) in [6.45, 7) is 4.41. The summed E-state index contributed by atoms with van der Waals surface area (Å²) in [5.41, 5.74) is 0. The number of nitrogens with zero attached hydrogens (tertiary/aromatic N) is 2. The van der Waals surface area contributed by atoms with Crippen LogP contribution >= 0.6 is 35.7 Å². The second-order valence-corrected chi connectivity index (χ2v) is 7.49. The molecule has 0 aliphatic carbocycles. The van der Waals surface area contributed by atoms with Crippen LogP contribution in [0.25, 0.3) is 0 Å². The van der Waals surface area contributed by atoms with Crippen LogP contribution in [0, 0.1) is 0 Å². The van der Waals surface area contributed by atoms with Crippen molar-refractivity contribution in [3.8, 4) is 0 Å². The lowest BCUT2D eigenvalue weighted by atomic mass is 10.3. The van der Waals surface area contributed by atoms with Crippen molar-refractivity contribution in [2.45, 2.75) is 26.7 Å². The number of hydrogen-bond acceptors (Lipinski definition) is 7. The number of hydrogen-bond donors (Lipinski definition) is 0. The fourth-order valence-corrected chi connectivity index (χ4v) is 4.66. The van der Waals surface area contributed by atoms with Crippen LogP contribution in [0.4, 0.5) is 0 Å². The number of carbonyl (C=O) groups is 3. The zero-order chi connectivity index (χ0) is 17.0. The topological polar surface area (TPSA) is 66.9 Å². The van der Waals surface area contributed by atoms with Crippen LogP contribution in [0.5, 0.6) is 0 Å². The fourth-order valence-electron chi connectivity index (χ4n) is 2.12. The number of amides is 2. The molecular formula is C14H18N2O4S3. The van der Waals surface area contributed by atoms with Gasteiger partial charge in [-0.05, 0) is 13.3 Å². The van der Waals surface area contributed by atoms with Crippen molar-refractivity contribution in [2.75, 3.05) is 25.4 Å². The van der Waals surface area contributed by atoms with E-state index >= 15 is 0 Å². The molecule has 2 heterocycles. The molecule has 0 N–H and O–H groups in total. The van der Waals surface area contributed by atoms with Crippen LogP contribution in [0.2, 0.25) is 0 Å². The Morgan fingerprint density at radius 1 is 1.30 bits per heavy atom. The lowest BCUT2D eigenvalue weighted by Crippen LogP contribution is -2.33. The molecule has 2 fully saturated rings. The monoisotopic (exact) mass is 374 g/mol. The molecule has 0 spiro atoms. The van der Waals surface area contributed by atoms with Gasteiger partial charge in [0.15, 0.2) is 0 Å². The van der Waals surface area contributed by atoms with E-state index in [2.05, 4.69) is 0 Å². The Balaban J connectivity index is 2.21. The van der Waals surface area contributed by atoms with E-state index in [1.54, 1.807) is 11.8 Å². The van der Waals surface area contributed by atoms with Gasteiger partial charge in [0.1, 0.15) is 15.8 Å². The summed E-state index contributed by atoms with van der Waals surface area (Å²) >= 11 is 7.73. The molecule has 0 atom stereocenters. The van der Waals surface area contributed by atoms with Gasteiger partial charge in [-0.1, -0.05) is 49.1 Å². The molecule has 0 aromatic heterocycles. The maximum atomic E-state index is 12.6. The van der Waals surface area contributed by atoms with E-state index < -0.39 is 5.97 Å². The summed E-state index contributed by atoms with van der Waals surface area (Å²) < 4.78 is 5.39. The number of thiocarbonyl (C=S) groups is 1. The molecule has 0 bridgehead atoms. The molecule has 0 radical (unpaired) electrons. The summed E-state index contributed by atoms with van der Waals surface area (Å²) in [7, 11) is 0. The van der Waals surface area contributed by atoms with E-state index in [9.17, 15) is 14.4 Å². The van der Waals surface area contributed by atoms with E-state index in [4.69, 9.17) is 17.0 Å². The standard InChI is InChI=1S/C14H18N2O4S3/c1-3-5-6-15-12(19)11(23-14(15)21)13-16(9(17)8-22-13)7-10(18)20-4-2/h3-8H2,1-2H3/b13-11+. The van der Waals surface area contributed by atoms with Gasteiger partial charge in [0.2, 0.25) is 5.91 Å². The Labute approximate surface area is 149 Å². The maximum Gasteiger partial charge on any atom is 0.326 e. The number of esters is 1. The fraction of sp³-hybridized carbons (Fsp3) is 0.571. The molecule has 2 amide bonds. The van der Waals surface area contributed by atoms with Crippen molar-refractivity contribution in [1.29, 1.82) is 0 Å². The van der Waals surface area contributed by atoms with Crippen molar-refractivity contribution in [1.82, 2.24) is 9.80 Å². The molecular weight excluding hydrogens is 356 g/mol. The Bertz CT molecular complexity index is 576. The van der Waals surface area contributed by atoms with Crippen LogP contribution in [0.1, 0.15) is 26.7 Å². The van der Waals surface area contributed by atoms with Gasteiger partial charge in [-0.25, -0.2) is 0 Å². The van der Waals surface area contributed by atoms with Crippen LogP contribution in [0.15, 0.2) is 9.93 Å². The van der Waals surface area contributed by atoms with Gasteiger partial charge in [0.05, 0.1) is 17.4 Å². The van der Waals surface area contributed by atoms with Crippen molar-refractivity contribution >= 4 is 57.8 Å². The number of ether oxygens (including phenoxy) is 1. The lowest BCUT2D eigenvalue weighted by molar-refractivity contribution is -0.146. The van der Waals surface area contributed by atoms with Gasteiger partial charge < -0.3 is 4.74 Å². The van der Waals surface area contributed by atoms with Gasteiger partial charge in [0.25, 0.3) is 5.91 Å². The smallest absolute Gasteiger partial charge is 0.326 e. The van der Waals surface area contributed by atoms with Gasteiger partial charge in [-0.2, -0.15) is 0 Å². The Kier molecular flexibility index (Phi) is 6.49. The molecule has 0 saturated carbocycles. The van der Waals surface area contributed by atoms with Crippen molar-refractivity contribution in [2.24, 2.45) is 0 Å². The summed E-state index contributed by atoms with van der Waals surface area (Å²) in [4.78, 5) is 39.6. The van der Waals surface area contributed by atoms with Crippen LogP contribution in [0.3, 0.4) is 0 Å². The van der Waals surface area contributed by atoms with Gasteiger partial charge in [-0.3, -0.25) is 24.2 Å². The first-order valence-electron chi connectivity index (χ1n) is 7.36. The summed E-state index contributed by atoms with van der Waals surface area (Å²) in [5, 5.41) is 0.513. The molecule has 23 heavy (non-hydrogen) atoms. The summed E-state index contributed by atoms with van der Waals surface area (Å²) in [6, 6.07) is 0. The number of rotatable bonds is 6. The molecule has 0 aromatic carbocycles. The third-order valence-corrected chi connectivity index (χ3v) is 5.91. The van der Waals surface area contributed by atoms with Crippen LogP contribution in [-0.4, -0.2) is 57.4 Å². The molecule has 2 aliphatic rings. The van der Waals surface area contributed by atoms with Crippen molar-refractivity contribution in [3.05, 3.63) is 9.93 Å². The zero-order valence-electron chi connectivity index (χ0n) is 13.0. The second-order valence-electron chi connectivity index (χ2n) is 4.89. The van der Waals surface area contributed by atoms with E-state index in [0.29, 0.717) is 20.8 Å². The number of thioether (sulfide) groups is 2. The molecule has 126 valence electrons. The minimum atomic E-state index is -0.484. The Morgan fingerprint density at radius 2 is 2.04 bits per heavy atom. The summed E-state index contributed by atoms with van der Waals surface area (Å²) in [5.74, 6) is -0.646. The molecule has 2 rings (SSSR count). The lowest BCUT2D eigenvalue weighted by Gasteiger charge is -2.17. The highest BCUT2D eigenvalue weighted by Gasteiger charge is 2.40. The highest BCUT2D eigenvalue weighted by molar-refractivity contribution is 8.27. The van der Waals surface area contributed by atoms with E-state index in [1.165, 1.54) is 28.4 Å². The average molecular weight is 375 g/mol. The quantitative estimate of drug-likeness (QED) is 0.400. The van der Waals surface area contributed by atoms with Crippen molar-refractivity contribution in [3.63, 3.8) is 0 Å². The first-order chi connectivity index (χ1) is 11.0. The molecule has 0 unspecified atom stereocenters. The van der Waals surface area contributed by atoms with Gasteiger partial charge in [0, 0.05) is 6.54 Å². The predicted octanol–water partition coefficient (Wildman–Crippen LogP) is 1.95. The zero-order valence-corrected chi connectivity index (χ0v) is 15.4. The molecule has 2 aliphatic heterocycles. The predicted molar refractivity (Wildman–Crippen MR) is 94.6 cm³/mol. The first kappa shape index (κ1) is 18.3. The average Bonchev–Trinajstić information content (AvgIpc) is 2.99. The largest absolute Gasteiger partial charge is 0.465 e. The molecule has 6 nitrogen and oxygen atoms in total. The van der Waals surface area contributed by atoms with E-state index in [0.717, 1.165) is 12.8 Å². The normalized spacial score (nSPS) is 21.6. The minimum absolute atomic E-state index is 0.173. The van der Waals surface area contributed by atoms with Crippen molar-refractivity contribution < 1.29 is 19.1 Å². The highest BCUT2D eigenvalue weighted by Crippen LogP contribution is 2.41. The molecule has 2 saturated heterocycles. The third-order valence-electron chi connectivity index (χ3n) is 3.25. The molecule has 0 aromatic rings. The third kappa shape index (κ3) is 4.07. The van der Waals surface area contributed by atoms with E-state index in [-0.39, 0.29) is 30.7 Å². The highest BCUT2D eigenvalue weighted by atomic mass is 32.2. The number of carbonyl (C=O) groups excluding carboxylic acids is 3. The SMILES string of the molecule is CCCCN1C(=O)/C(=C2\SCC(=O)N2CC(=O)OCC)SC1=S. The molecule has 9 heteroatoms. The van der Waals surface area contributed by atoms with Crippen LogP contribution < -0.4 is 0 Å². The maximum absolute atomic E-state index is 12.6. The Morgan fingerprint density at radius 3 is 2.70 bits per heavy atom. The Hall–Kier alpha value is -1.06. The van der Waals surface area contributed by atoms with Crippen LogP contribution in [-0.2, 0) is 19.1 Å². The van der Waals surface area contributed by atoms with Gasteiger partial charge in [-0.15, -0.1) is 0 Å². The summed E-state index contributed by atoms with van der Waals surface area (Å²) in [6.07, 6.45) is 1.83. The second kappa shape index (κ2) is 8.16. The first-order valence-corrected chi connectivity index (χ1v) is 9.57. The van der Waals surface area contributed by atoms with E-state index in [1.807, 2.05) is 6.92 Å². The minimum Gasteiger partial charge on any atom is -0.465 e. The number of unbranched alkanes of at least 4 members (excludes halogenated alkanes) is 1.